The fraction of sp³-hybridized carbons (Fsp3) is 0.214. The molecule has 38 heavy (non-hydrogen) atoms. The number of carbonyl (C=O) groups excluding carboxylic acids is 2. The summed E-state index contributed by atoms with van der Waals surface area (Å²) in [4.78, 5) is 39.1. The summed E-state index contributed by atoms with van der Waals surface area (Å²) in [6.07, 6.45) is 5.33. The average Bonchev–Trinajstić information content (AvgIpc) is 3.34. The highest BCUT2D eigenvalue weighted by Crippen LogP contribution is 2.32. The Morgan fingerprint density at radius 1 is 1.11 bits per heavy atom. The van der Waals surface area contributed by atoms with Crippen LogP contribution < -0.4 is 16.0 Å². The summed E-state index contributed by atoms with van der Waals surface area (Å²) in [7, 11) is 1.99. The molecule has 0 bridgehead atoms. The lowest BCUT2D eigenvalue weighted by atomic mass is 9.93. The number of likely N-dealkylation sites (tertiary alicyclic amines) is 1. The molecule has 2 aromatic carbocycles. The number of aromatic nitrogens is 3. The third kappa shape index (κ3) is 5.69. The van der Waals surface area contributed by atoms with E-state index in [-0.39, 0.29) is 23.8 Å². The number of aromatic amines is 1. The largest absolute Gasteiger partial charge is 0.360 e. The third-order valence-electron chi connectivity index (χ3n) is 6.53. The van der Waals surface area contributed by atoms with Gasteiger partial charge in [0, 0.05) is 53.2 Å². The fourth-order valence-electron chi connectivity index (χ4n) is 4.76. The Morgan fingerprint density at radius 3 is 2.61 bits per heavy atom. The zero-order valence-corrected chi connectivity index (χ0v) is 21.6. The second-order valence-electron chi connectivity index (χ2n) is 9.39. The number of carbonyl (C=O) groups is 2. The maximum atomic E-state index is 13.1. The molecule has 0 unspecified atom stereocenters. The molecule has 0 spiro atoms. The van der Waals surface area contributed by atoms with Gasteiger partial charge in [-0.05, 0) is 49.9 Å². The SMILES string of the molecule is C=CC(=O)Nc1ccc(NC(=O)[C@H]2C[C@H](Nc3ncc(Cl)c(-c4c[nH]c5ccccc45)n3)CN(C)C2)cc1. The van der Waals surface area contributed by atoms with Crippen molar-refractivity contribution in [3.63, 3.8) is 0 Å². The Labute approximate surface area is 225 Å². The van der Waals surface area contributed by atoms with Gasteiger partial charge in [-0.3, -0.25) is 9.59 Å². The van der Waals surface area contributed by atoms with Crippen LogP contribution in [-0.2, 0) is 9.59 Å². The highest BCUT2D eigenvalue weighted by Gasteiger charge is 2.30. The maximum Gasteiger partial charge on any atom is 0.247 e. The van der Waals surface area contributed by atoms with Crippen molar-refractivity contribution in [3.8, 4) is 11.3 Å². The number of likely N-dealkylation sites (N-methyl/N-ethyl adjacent to an activating group) is 1. The van der Waals surface area contributed by atoms with E-state index in [4.69, 9.17) is 16.6 Å². The van der Waals surface area contributed by atoms with E-state index in [0.717, 1.165) is 23.0 Å². The van der Waals surface area contributed by atoms with Crippen LogP contribution in [0.1, 0.15) is 6.42 Å². The second-order valence-corrected chi connectivity index (χ2v) is 9.80. The number of hydrogen-bond acceptors (Lipinski definition) is 6. The summed E-state index contributed by atoms with van der Waals surface area (Å²) in [5.41, 5.74) is 3.85. The second kappa shape index (κ2) is 11.0. The highest BCUT2D eigenvalue weighted by atomic mass is 35.5. The van der Waals surface area contributed by atoms with Gasteiger partial charge in [0.05, 0.1) is 22.8 Å². The van der Waals surface area contributed by atoms with Gasteiger partial charge in [-0.2, -0.15) is 0 Å². The number of H-pyrrole nitrogens is 1. The first-order valence-corrected chi connectivity index (χ1v) is 12.7. The fourth-order valence-corrected chi connectivity index (χ4v) is 4.96. The number of fused-ring (bicyclic) bond motifs is 1. The van der Waals surface area contributed by atoms with Crippen LogP contribution in [-0.4, -0.2) is 57.8 Å². The van der Waals surface area contributed by atoms with Crippen LogP contribution >= 0.6 is 11.6 Å². The lowest BCUT2D eigenvalue weighted by Crippen LogP contribution is -2.48. The van der Waals surface area contributed by atoms with Gasteiger partial charge in [0.2, 0.25) is 17.8 Å². The predicted octanol–water partition coefficient (Wildman–Crippen LogP) is 4.77. The van der Waals surface area contributed by atoms with E-state index in [9.17, 15) is 9.59 Å². The van der Waals surface area contributed by atoms with Crippen molar-refractivity contribution in [2.75, 3.05) is 36.1 Å². The first-order chi connectivity index (χ1) is 18.4. The first-order valence-electron chi connectivity index (χ1n) is 12.3. The Balaban J connectivity index is 1.26. The standard InChI is InChI=1S/C28H28ClN7O2/c1-3-25(37)32-18-8-10-19(11-9-18)33-27(38)17-12-20(16-36(2)15-17)34-28-31-14-23(29)26(35-28)22-13-30-24-7-5-4-6-21(22)24/h3-11,13-14,17,20,30H,1,12,15-16H2,2H3,(H,32,37)(H,33,38)(H,31,34,35)/t17-,20-/m0/s1. The smallest absolute Gasteiger partial charge is 0.247 e. The van der Waals surface area contributed by atoms with E-state index < -0.39 is 0 Å². The van der Waals surface area contributed by atoms with Gasteiger partial charge >= 0.3 is 0 Å². The van der Waals surface area contributed by atoms with Gasteiger partial charge in [-0.1, -0.05) is 36.4 Å². The molecule has 9 nitrogen and oxygen atoms in total. The van der Waals surface area contributed by atoms with Crippen molar-refractivity contribution in [1.29, 1.82) is 0 Å². The van der Waals surface area contributed by atoms with E-state index in [2.05, 4.69) is 37.4 Å². The minimum atomic E-state index is -0.288. The van der Waals surface area contributed by atoms with Crippen molar-refractivity contribution in [2.45, 2.75) is 12.5 Å². The van der Waals surface area contributed by atoms with Crippen LogP contribution in [0.4, 0.5) is 17.3 Å². The summed E-state index contributed by atoms with van der Waals surface area (Å²) in [5.74, 6) is -0.121. The number of nitrogens with one attached hydrogen (secondary N) is 4. The van der Waals surface area contributed by atoms with E-state index in [0.29, 0.717) is 41.0 Å². The van der Waals surface area contributed by atoms with Gasteiger partial charge in [-0.15, -0.1) is 0 Å². The minimum Gasteiger partial charge on any atom is -0.360 e. The molecule has 4 aromatic rings. The number of halogens is 1. The number of nitrogens with zero attached hydrogens (tertiary/aromatic N) is 3. The first kappa shape index (κ1) is 25.4. The van der Waals surface area contributed by atoms with Crippen molar-refractivity contribution in [3.05, 3.63) is 78.6 Å². The summed E-state index contributed by atoms with van der Waals surface area (Å²) < 4.78 is 0. The molecule has 3 heterocycles. The monoisotopic (exact) mass is 529 g/mol. The number of para-hydroxylation sites is 1. The predicted molar refractivity (Wildman–Crippen MR) is 151 cm³/mol. The molecule has 1 fully saturated rings. The molecule has 0 radical (unpaired) electrons. The molecule has 1 saturated heterocycles. The molecule has 10 heteroatoms. The zero-order chi connectivity index (χ0) is 26.6. The lowest BCUT2D eigenvalue weighted by molar-refractivity contribution is -0.121. The summed E-state index contributed by atoms with van der Waals surface area (Å²) >= 11 is 6.48. The molecule has 2 aromatic heterocycles. The van der Waals surface area contributed by atoms with Gasteiger partial charge in [0.1, 0.15) is 0 Å². The molecule has 4 N–H and O–H groups in total. The molecule has 5 rings (SSSR count). The minimum absolute atomic E-state index is 0.0296. The van der Waals surface area contributed by atoms with Crippen molar-refractivity contribution < 1.29 is 9.59 Å². The Bertz CT molecular complexity index is 1480. The molecular weight excluding hydrogens is 502 g/mol. The van der Waals surface area contributed by atoms with Crippen LogP contribution in [0.3, 0.4) is 0 Å². The summed E-state index contributed by atoms with van der Waals surface area (Å²) in [5, 5.41) is 10.6. The van der Waals surface area contributed by atoms with Gasteiger partial charge in [0.25, 0.3) is 0 Å². The molecular formula is C28H28ClN7O2. The molecule has 0 saturated carbocycles. The molecule has 2 amide bonds. The highest BCUT2D eigenvalue weighted by molar-refractivity contribution is 6.33. The molecule has 194 valence electrons. The van der Waals surface area contributed by atoms with Crippen molar-refractivity contribution in [2.24, 2.45) is 5.92 Å². The molecule has 1 aliphatic rings. The maximum absolute atomic E-state index is 13.1. The van der Waals surface area contributed by atoms with E-state index in [1.165, 1.54) is 6.08 Å². The number of benzene rings is 2. The Morgan fingerprint density at radius 2 is 1.84 bits per heavy atom. The zero-order valence-electron chi connectivity index (χ0n) is 20.9. The van der Waals surface area contributed by atoms with Crippen molar-refractivity contribution >= 4 is 51.6 Å². The number of amides is 2. The molecule has 1 aliphatic heterocycles. The van der Waals surface area contributed by atoms with Gasteiger partial charge in [0.15, 0.2) is 0 Å². The van der Waals surface area contributed by atoms with Crippen LogP contribution in [0.25, 0.3) is 22.2 Å². The van der Waals surface area contributed by atoms with Crippen LogP contribution in [0.15, 0.2) is 73.6 Å². The van der Waals surface area contributed by atoms with Crippen LogP contribution in [0.2, 0.25) is 5.02 Å². The lowest BCUT2D eigenvalue weighted by Gasteiger charge is -2.35. The van der Waals surface area contributed by atoms with E-state index in [1.807, 2.05) is 37.5 Å². The summed E-state index contributed by atoms with van der Waals surface area (Å²) in [6, 6.07) is 14.9. The normalized spacial score (nSPS) is 17.6. The number of rotatable bonds is 7. The average molecular weight is 530 g/mol. The topological polar surface area (TPSA) is 115 Å². The van der Waals surface area contributed by atoms with Crippen LogP contribution in [0, 0.1) is 5.92 Å². The quantitative estimate of drug-likeness (QED) is 0.256. The van der Waals surface area contributed by atoms with Gasteiger partial charge < -0.3 is 25.8 Å². The third-order valence-corrected chi connectivity index (χ3v) is 6.81. The summed E-state index contributed by atoms with van der Waals surface area (Å²) in [6.45, 7) is 4.83. The number of hydrogen-bond donors (Lipinski definition) is 4. The van der Waals surface area contributed by atoms with E-state index in [1.54, 1.807) is 30.5 Å². The van der Waals surface area contributed by atoms with Gasteiger partial charge in [-0.25, -0.2) is 9.97 Å². The Kier molecular flexibility index (Phi) is 7.39. The number of anilines is 3. The Hall–Kier alpha value is -4.21. The van der Waals surface area contributed by atoms with E-state index >= 15 is 0 Å². The molecule has 0 aliphatic carbocycles. The molecule has 2 atom stereocenters. The number of piperidine rings is 1. The van der Waals surface area contributed by atoms with Crippen LogP contribution in [0.5, 0.6) is 0 Å². The van der Waals surface area contributed by atoms with Crippen molar-refractivity contribution in [1.82, 2.24) is 19.9 Å².